The molecule has 2 aromatic heterocycles. The van der Waals surface area contributed by atoms with Crippen molar-refractivity contribution in [3.63, 3.8) is 0 Å². The second-order valence-corrected chi connectivity index (χ2v) is 6.93. The van der Waals surface area contributed by atoms with Gasteiger partial charge in [0, 0.05) is 24.8 Å². The molecule has 0 saturated carbocycles. The molecule has 0 unspecified atom stereocenters. The largest absolute Gasteiger partial charge is 0.291 e. The van der Waals surface area contributed by atoms with Crippen molar-refractivity contribution >= 4 is 11.9 Å². The van der Waals surface area contributed by atoms with Crippen LogP contribution >= 0.6 is 0 Å². The van der Waals surface area contributed by atoms with Crippen molar-refractivity contribution in [3.8, 4) is 0 Å². The van der Waals surface area contributed by atoms with E-state index in [2.05, 4.69) is 31.3 Å². The lowest BCUT2D eigenvalue weighted by Gasteiger charge is -2.24. The summed E-state index contributed by atoms with van der Waals surface area (Å²) in [6, 6.07) is 14.2. The van der Waals surface area contributed by atoms with Crippen LogP contribution in [0.3, 0.4) is 0 Å². The van der Waals surface area contributed by atoms with E-state index in [1.54, 1.807) is 4.68 Å². The minimum absolute atomic E-state index is 0.179. The van der Waals surface area contributed by atoms with Crippen LogP contribution in [-0.4, -0.2) is 37.1 Å². The first-order chi connectivity index (χ1) is 13.7. The zero-order valence-electron chi connectivity index (χ0n) is 16.0. The van der Waals surface area contributed by atoms with E-state index >= 15 is 0 Å². The molecular weight excluding hydrogens is 352 g/mol. The normalized spacial score (nSPS) is 17.0. The van der Waals surface area contributed by atoms with E-state index in [1.165, 1.54) is 18.3 Å². The smallest absolute Gasteiger partial charge is 0.258 e. The van der Waals surface area contributed by atoms with Gasteiger partial charge in [-0.15, -0.1) is 0 Å². The van der Waals surface area contributed by atoms with Gasteiger partial charge in [-0.2, -0.15) is 10.1 Å². The maximum atomic E-state index is 12.5. The number of anilines is 1. The van der Waals surface area contributed by atoms with Crippen LogP contribution in [0.2, 0.25) is 0 Å². The Hall–Kier alpha value is -3.06. The Balaban J connectivity index is 1.41. The summed E-state index contributed by atoms with van der Waals surface area (Å²) in [5.74, 6) is 0.286. The van der Waals surface area contributed by atoms with Crippen molar-refractivity contribution in [1.29, 1.82) is 0 Å². The maximum Gasteiger partial charge on any atom is 0.258 e. The molecule has 0 radical (unpaired) electrons. The van der Waals surface area contributed by atoms with Crippen molar-refractivity contribution < 1.29 is 4.79 Å². The van der Waals surface area contributed by atoms with Gasteiger partial charge < -0.3 is 0 Å². The van der Waals surface area contributed by atoms with Crippen LogP contribution in [0.1, 0.15) is 47.4 Å². The number of likely N-dealkylation sites (tertiary alicyclic amines) is 1. The van der Waals surface area contributed by atoms with E-state index in [-0.39, 0.29) is 5.91 Å². The second kappa shape index (κ2) is 8.31. The molecule has 3 heterocycles. The van der Waals surface area contributed by atoms with Crippen molar-refractivity contribution in [2.75, 3.05) is 11.9 Å². The molecule has 1 aliphatic rings. The number of benzene rings is 1. The van der Waals surface area contributed by atoms with Crippen molar-refractivity contribution in [2.24, 2.45) is 0 Å². The zero-order valence-corrected chi connectivity index (χ0v) is 16.0. The number of hydrogen-bond acceptors (Lipinski definition) is 5. The third-order valence-corrected chi connectivity index (χ3v) is 5.14. The molecule has 7 nitrogen and oxygen atoms in total. The van der Waals surface area contributed by atoms with Gasteiger partial charge in [-0.25, -0.2) is 4.68 Å². The molecule has 1 aliphatic heterocycles. The van der Waals surface area contributed by atoms with Crippen LogP contribution in [0.25, 0.3) is 0 Å². The van der Waals surface area contributed by atoms with Crippen molar-refractivity contribution in [1.82, 2.24) is 24.6 Å². The lowest BCUT2D eigenvalue weighted by atomic mass is 10.1. The lowest BCUT2D eigenvalue weighted by Crippen LogP contribution is -2.23. The molecule has 1 atom stereocenters. The Morgan fingerprint density at radius 2 is 2.04 bits per heavy atom. The molecule has 3 aromatic rings. The first-order valence-electron chi connectivity index (χ1n) is 9.67. The summed E-state index contributed by atoms with van der Waals surface area (Å²) in [4.78, 5) is 23.5. The minimum Gasteiger partial charge on any atom is -0.291 e. The Bertz CT molecular complexity index is 922. The summed E-state index contributed by atoms with van der Waals surface area (Å²) in [6.45, 7) is 4.53. The quantitative estimate of drug-likeness (QED) is 0.714. The van der Waals surface area contributed by atoms with E-state index in [4.69, 9.17) is 0 Å². The van der Waals surface area contributed by atoms with Gasteiger partial charge in [-0.3, -0.25) is 20.0 Å². The van der Waals surface area contributed by atoms with E-state index in [0.717, 1.165) is 25.2 Å². The van der Waals surface area contributed by atoms with E-state index in [0.29, 0.717) is 24.1 Å². The summed E-state index contributed by atoms with van der Waals surface area (Å²) in [5, 5.41) is 6.88. The molecule has 1 aromatic carbocycles. The third-order valence-electron chi connectivity index (χ3n) is 5.14. The molecule has 144 valence electrons. The van der Waals surface area contributed by atoms with Crippen molar-refractivity contribution in [2.45, 2.75) is 38.9 Å². The monoisotopic (exact) mass is 376 g/mol. The highest BCUT2D eigenvalue weighted by Crippen LogP contribution is 2.31. The second-order valence-electron chi connectivity index (χ2n) is 6.93. The molecule has 0 aliphatic carbocycles. The van der Waals surface area contributed by atoms with E-state index in [1.807, 2.05) is 49.5 Å². The zero-order chi connectivity index (χ0) is 19.3. The number of carbonyl (C=O) groups excluding carboxylic acids is 1. The number of carbonyl (C=O) groups is 1. The Labute approximate surface area is 164 Å². The molecule has 1 N–H and O–H groups in total. The van der Waals surface area contributed by atoms with Crippen LogP contribution in [0, 0.1) is 0 Å². The summed E-state index contributed by atoms with van der Waals surface area (Å²) < 4.78 is 1.65. The van der Waals surface area contributed by atoms with Crippen molar-refractivity contribution in [3.05, 3.63) is 71.8 Å². The van der Waals surface area contributed by atoms with Gasteiger partial charge in [-0.05, 0) is 56.1 Å². The van der Waals surface area contributed by atoms with Gasteiger partial charge in [-0.1, -0.05) is 18.2 Å². The van der Waals surface area contributed by atoms with E-state index < -0.39 is 0 Å². The topological polar surface area (TPSA) is 75.9 Å². The number of aryl methyl sites for hydroxylation is 1. The fourth-order valence-corrected chi connectivity index (χ4v) is 3.69. The Morgan fingerprint density at radius 1 is 1.18 bits per heavy atom. The Kier molecular flexibility index (Phi) is 5.43. The van der Waals surface area contributed by atoms with Gasteiger partial charge in [0.25, 0.3) is 5.91 Å². The van der Waals surface area contributed by atoms with Gasteiger partial charge in [0.1, 0.15) is 6.33 Å². The van der Waals surface area contributed by atoms with Gasteiger partial charge in [0.15, 0.2) is 0 Å². The molecule has 7 heteroatoms. The number of rotatable bonds is 6. The highest BCUT2D eigenvalue weighted by Gasteiger charge is 2.26. The number of aromatic nitrogens is 4. The number of amides is 1. The van der Waals surface area contributed by atoms with Crippen LogP contribution in [0.15, 0.2) is 55.0 Å². The summed E-state index contributed by atoms with van der Waals surface area (Å²) in [5.41, 5.74) is 2.93. The predicted molar refractivity (Wildman–Crippen MR) is 107 cm³/mol. The highest BCUT2D eigenvalue weighted by molar-refractivity contribution is 6.03. The summed E-state index contributed by atoms with van der Waals surface area (Å²) >= 11 is 0. The Morgan fingerprint density at radius 3 is 2.79 bits per heavy atom. The maximum absolute atomic E-state index is 12.5. The number of hydrogen-bond donors (Lipinski definition) is 1. The fourth-order valence-electron chi connectivity index (χ4n) is 3.69. The van der Waals surface area contributed by atoms with Gasteiger partial charge in [0.05, 0.1) is 11.7 Å². The molecule has 1 saturated heterocycles. The number of pyridine rings is 1. The number of nitrogens with zero attached hydrogens (tertiary/aromatic N) is 5. The SMILES string of the molecule is CCn1ncnc1NC(=O)c1ccc(CN2CCC[C@H]2c2ccccn2)cc1. The molecule has 28 heavy (non-hydrogen) atoms. The minimum atomic E-state index is -0.179. The van der Waals surface area contributed by atoms with Crippen LogP contribution in [0.5, 0.6) is 0 Å². The first kappa shape index (κ1) is 18.3. The summed E-state index contributed by atoms with van der Waals surface area (Å²) in [7, 11) is 0. The average Bonchev–Trinajstić information content (AvgIpc) is 3.38. The lowest BCUT2D eigenvalue weighted by molar-refractivity contribution is 0.102. The molecule has 4 rings (SSSR count). The van der Waals surface area contributed by atoms with Crippen LogP contribution in [0.4, 0.5) is 5.95 Å². The molecule has 0 bridgehead atoms. The highest BCUT2D eigenvalue weighted by atomic mass is 16.1. The van der Waals surface area contributed by atoms with Gasteiger partial charge >= 0.3 is 0 Å². The molecule has 1 amide bonds. The fraction of sp³-hybridized carbons (Fsp3) is 0.333. The first-order valence-corrected chi connectivity index (χ1v) is 9.67. The standard InChI is InChI=1S/C21H24N6O/c1-2-27-21(23-15-24-27)25-20(28)17-10-8-16(9-11-17)14-26-13-5-7-19(26)18-6-3-4-12-22-18/h3-4,6,8-12,15,19H,2,5,7,13-14H2,1H3,(H,23,24,25,28)/t19-/m0/s1. The predicted octanol–water partition coefficient (Wildman–Crippen LogP) is 3.28. The average molecular weight is 376 g/mol. The molecular formula is C21H24N6O. The van der Waals surface area contributed by atoms with E-state index in [9.17, 15) is 4.79 Å². The number of nitrogens with one attached hydrogen (secondary N) is 1. The van der Waals surface area contributed by atoms with Crippen LogP contribution in [-0.2, 0) is 13.1 Å². The molecule has 1 fully saturated rings. The third kappa shape index (κ3) is 3.94. The summed E-state index contributed by atoms with van der Waals surface area (Å²) in [6.07, 6.45) is 5.62. The van der Waals surface area contributed by atoms with Crippen LogP contribution < -0.4 is 5.32 Å². The molecule has 0 spiro atoms. The van der Waals surface area contributed by atoms with Gasteiger partial charge in [0.2, 0.25) is 5.95 Å².